The van der Waals surface area contributed by atoms with Crippen molar-refractivity contribution in [2.45, 2.75) is 0 Å². The fourth-order valence-corrected chi connectivity index (χ4v) is 2.41. The van der Waals surface area contributed by atoms with Gasteiger partial charge >= 0.3 is 0 Å². The van der Waals surface area contributed by atoms with Crippen LogP contribution in [-0.4, -0.2) is 19.7 Å². The summed E-state index contributed by atoms with van der Waals surface area (Å²) in [5, 5.41) is 4.10. The Hall–Kier alpha value is -2.21. The highest BCUT2D eigenvalue weighted by atomic mass is 79.9. The Morgan fingerprint density at radius 3 is 2.80 bits per heavy atom. The van der Waals surface area contributed by atoms with E-state index in [-0.39, 0.29) is 5.56 Å². The third kappa shape index (κ3) is 2.42. The average Bonchev–Trinajstić information content (AvgIpc) is 2.85. The van der Waals surface area contributed by atoms with Gasteiger partial charge in [-0.3, -0.25) is 9.48 Å². The zero-order chi connectivity index (χ0) is 14.1. The molecule has 1 aromatic carbocycles. The molecule has 0 aliphatic heterocycles. The van der Waals surface area contributed by atoms with E-state index in [1.165, 1.54) is 6.07 Å². The molecule has 3 aromatic rings. The van der Waals surface area contributed by atoms with Crippen LogP contribution in [0.25, 0.3) is 22.6 Å². The van der Waals surface area contributed by atoms with E-state index in [4.69, 9.17) is 0 Å². The number of nitrogens with zero attached hydrogens (tertiary/aromatic N) is 3. The Bertz CT molecular complexity index is 822. The summed E-state index contributed by atoms with van der Waals surface area (Å²) in [6.07, 6.45) is 3.51. The van der Waals surface area contributed by atoms with Crippen molar-refractivity contribution in [1.29, 1.82) is 0 Å². The highest BCUT2D eigenvalue weighted by Crippen LogP contribution is 2.25. The lowest BCUT2D eigenvalue weighted by Gasteiger charge is -2.05. The quantitative estimate of drug-likeness (QED) is 0.785. The van der Waals surface area contributed by atoms with Crippen LogP contribution in [0, 0.1) is 0 Å². The van der Waals surface area contributed by atoms with Crippen LogP contribution in [-0.2, 0) is 7.05 Å². The minimum absolute atomic E-state index is 0.190. The van der Waals surface area contributed by atoms with Crippen molar-refractivity contribution < 1.29 is 0 Å². The SMILES string of the molecule is Cn1cc(-c2cc(=O)[nH]c(-c3ccccc3Br)n2)cn1. The number of nitrogens with one attached hydrogen (secondary N) is 1. The van der Waals surface area contributed by atoms with Gasteiger partial charge < -0.3 is 4.98 Å². The number of benzene rings is 1. The fourth-order valence-electron chi connectivity index (χ4n) is 1.94. The summed E-state index contributed by atoms with van der Waals surface area (Å²) in [5.41, 5.74) is 2.07. The average molecular weight is 331 g/mol. The normalized spacial score (nSPS) is 10.7. The summed E-state index contributed by atoms with van der Waals surface area (Å²) in [6.45, 7) is 0. The summed E-state index contributed by atoms with van der Waals surface area (Å²) in [4.78, 5) is 19.1. The third-order valence-corrected chi connectivity index (χ3v) is 3.56. The molecule has 0 radical (unpaired) electrons. The van der Waals surface area contributed by atoms with Crippen LogP contribution in [0.3, 0.4) is 0 Å². The lowest BCUT2D eigenvalue weighted by molar-refractivity contribution is 0.768. The number of halogens is 1. The molecule has 3 rings (SSSR count). The highest BCUT2D eigenvalue weighted by molar-refractivity contribution is 9.10. The Balaban J connectivity index is 2.17. The summed E-state index contributed by atoms with van der Waals surface area (Å²) < 4.78 is 2.56. The molecule has 0 unspecified atom stereocenters. The van der Waals surface area contributed by atoms with Crippen LogP contribution in [0.4, 0.5) is 0 Å². The molecule has 0 spiro atoms. The van der Waals surface area contributed by atoms with Gasteiger partial charge in [-0.05, 0) is 6.07 Å². The largest absolute Gasteiger partial charge is 0.306 e. The predicted molar refractivity (Wildman–Crippen MR) is 80.2 cm³/mol. The topological polar surface area (TPSA) is 63.6 Å². The van der Waals surface area contributed by atoms with E-state index in [9.17, 15) is 4.79 Å². The number of aromatic amines is 1. The molecule has 0 atom stereocenters. The molecule has 0 fully saturated rings. The molecular formula is C14H11BrN4O. The molecule has 100 valence electrons. The number of aromatic nitrogens is 4. The number of hydrogen-bond donors (Lipinski definition) is 1. The number of rotatable bonds is 2. The van der Waals surface area contributed by atoms with E-state index in [2.05, 4.69) is 31.0 Å². The number of aryl methyl sites for hydroxylation is 1. The van der Waals surface area contributed by atoms with Crippen molar-refractivity contribution in [1.82, 2.24) is 19.7 Å². The smallest absolute Gasteiger partial charge is 0.251 e. The van der Waals surface area contributed by atoms with E-state index in [0.29, 0.717) is 11.5 Å². The monoisotopic (exact) mass is 330 g/mol. The summed E-state index contributed by atoms with van der Waals surface area (Å²) in [7, 11) is 1.82. The summed E-state index contributed by atoms with van der Waals surface area (Å²) in [5.74, 6) is 0.531. The highest BCUT2D eigenvalue weighted by Gasteiger charge is 2.09. The van der Waals surface area contributed by atoms with Gasteiger partial charge in [-0.15, -0.1) is 0 Å². The van der Waals surface area contributed by atoms with Crippen LogP contribution in [0.2, 0.25) is 0 Å². The van der Waals surface area contributed by atoms with E-state index >= 15 is 0 Å². The summed E-state index contributed by atoms with van der Waals surface area (Å²) >= 11 is 3.46. The number of hydrogen-bond acceptors (Lipinski definition) is 3. The van der Waals surface area contributed by atoms with Crippen molar-refractivity contribution in [3.63, 3.8) is 0 Å². The van der Waals surface area contributed by atoms with Crippen molar-refractivity contribution in [3.05, 3.63) is 57.6 Å². The maximum Gasteiger partial charge on any atom is 0.251 e. The van der Waals surface area contributed by atoms with Crippen LogP contribution in [0.1, 0.15) is 0 Å². The number of H-pyrrole nitrogens is 1. The molecular weight excluding hydrogens is 320 g/mol. The summed E-state index contributed by atoms with van der Waals surface area (Å²) in [6, 6.07) is 9.09. The fraction of sp³-hybridized carbons (Fsp3) is 0.0714. The maximum absolute atomic E-state index is 11.8. The van der Waals surface area contributed by atoms with E-state index in [1.807, 2.05) is 37.5 Å². The molecule has 2 heterocycles. The van der Waals surface area contributed by atoms with Crippen molar-refractivity contribution in [2.75, 3.05) is 0 Å². The zero-order valence-corrected chi connectivity index (χ0v) is 12.3. The molecule has 1 N–H and O–H groups in total. The lowest BCUT2D eigenvalue weighted by Crippen LogP contribution is -2.08. The van der Waals surface area contributed by atoms with Crippen LogP contribution in [0.5, 0.6) is 0 Å². The minimum atomic E-state index is -0.190. The van der Waals surface area contributed by atoms with Crippen LogP contribution in [0.15, 0.2) is 52.0 Å². The second kappa shape index (κ2) is 5.05. The predicted octanol–water partition coefficient (Wildman–Crippen LogP) is 2.60. The van der Waals surface area contributed by atoms with Gasteiger partial charge in [-0.1, -0.05) is 34.1 Å². The Morgan fingerprint density at radius 2 is 2.10 bits per heavy atom. The maximum atomic E-state index is 11.8. The van der Waals surface area contributed by atoms with Crippen LogP contribution >= 0.6 is 15.9 Å². The molecule has 0 bridgehead atoms. The first-order chi connectivity index (χ1) is 9.63. The van der Waals surface area contributed by atoms with Gasteiger partial charge in [0.05, 0.1) is 11.9 Å². The zero-order valence-electron chi connectivity index (χ0n) is 10.7. The minimum Gasteiger partial charge on any atom is -0.306 e. The first-order valence-electron chi connectivity index (χ1n) is 5.99. The Morgan fingerprint density at radius 1 is 1.30 bits per heavy atom. The molecule has 20 heavy (non-hydrogen) atoms. The molecule has 0 saturated carbocycles. The molecule has 0 aliphatic rings. The molecule has 0 amide bonds. The molecule has 0 saturated heterocycles. The second-order valence-electron chi connectivity index (χ2n) is 4.36. The van der Waals surface area contributed by atoms with Gasteiger partial charge in [0.15, 0.2) is 0 Å². The Kier molecular flexibility index (Phi) is 3.23. The van der Waals surface area contributed by atoms with Crippen molar-refractivity contribution in [3.8, 4) is 22.6 Å². The first-order valence-corrected chi connectivity index (χ1v) is 6.78. The first kappa shape index (κ1) is 12.8. The second-order valence-corrected chi connectivity index (χ2v) is 5.22. The van der Waals surface area contributed by atoms with Gasteiger partial charge in [0, 0.05) is 34.9 Å². The van der Waals surface area contributed by atoms with Crippen LogP contribution < -0.4 is 5.56 Å². The molecule has 6 heteroatoms. The lowest BCUT2D eigenvalue weighted by atomic mass is 10.2. The van der Waals surface area contributed by atoms with Gasteiger partial charge in [0.25, 0.3) is 5.56 Å². The van der Waals surface area contributed by atoms with Gasteiger partial charge in [-0.25, -0.2) is 4.98 Å². The molecule has 0 aliphatic carbocycles. The van der Waals surface area contributed by atoms with Gasteiger partial charge in [0.2, 0.25) is 0 Å². The van der Waals surface area contributed by atoms with E-state index in [1.54, 1.807) is 10.9 Å². The van der Waals surface area contributed by atoms with Crippen molar-refractivity contribution >= 4 is 15.9 Å². The molecule has 2 aromatic heterocycles. The van der Waals surface area contributed by atoms with E-state index in [0.717, 1.165) is 15.6 Å². The van der Waals surface area contributed by atoms with Gasteiger partial charge in [-0.2, -0.15) is 5.10 Å². The third-order valence-electron chi connectivity index (χ3n) is 2.87. The Labute approximate surface area is 123 Å². The van der Waals surface area contributed by atoms with Crippen molar-refractivity contribution in [2.24, 2.45) is 7.05 Å². The van der Waals surface area contributed by atoms with E-state index < -0.39 is 0 Å². The molecule has 5 nitrogen and oxygen atoms in total. The van der Waals surface area contributed by atoms with Gasteiger partial charge in [0.1, 0.15) is 5.82 Å². The standard InChI is InChI=1S/C14H11BrN4O/c1-19-8-9(7-16-19)12-6-13(20)18-14(17-12)10-4-2-3-5-11(10)15/h2-8H,1H3,(H,17,18,20).